The third kappa shape index (κ3) is 2.89. The second-order valence-corrected chi connectivity index (χ2v) is 7.45. The molecule has 2 aromatic carbocycles. The predicted octanol–water partition coefficient (Wildman–Crippen LogP) is 2.85. The maximum absolute atomic E-state index is 12.3. The number of hydrogen-bond donors (Lipinski definition) is 1. The fourth-order valence-corrected chi connectivity index (χ4v) is 4.60. The molecule has 3 aromatic rings. The molecule has 0 saturated carbocycles. The lowest BCUT2D eigenvalue weighted by molar-refractivity contribution is -0.129. The van der Waals surface area contributed by atoms with Crippen molar-refractivity contribution in [2.45, 2.75) is 18.9 Å². The Bertz CT molecular complexity index is 1060. The summed E-state index contributed by atoms with van der Waals surface area (Å²) in [7, 11) is 1.63. The van der Waals surface area contributed by atoms with E-state index >= 15 is 0 Å². The minimum absolute atomic E-state index is 0.0255. The van der Waals surface area contributed by atoms with E-state index in [0.29, 0.717) is 24.7 Å². The molecule has 2 atom stereocenters. The number of likely N-dealkylation sites (tertiary alicyclic amines) is 1. The van der Waals surface area contributed by atoms with Gasteiger partial charge in [-0.3, -0.25) is 4.79 Å². The number of carbonyl (C=O) groups is 1. The zero-order valence-electron chi connectivity index (χ0n) is 16.0. The first-order valence-corrected chi connectivity index (χ1v) is 9.70. The number of β-amino-alcohol motifs (C(OH)–C–C–N with tert-alkyl or cyclic N) is 1. The molecular formula is C22H21N3O4. The molecule has 148 valence electrons. The summed E-state index contributed by atoms with van der Waals surface area (Å²) >= 11 is 0. The Kier molecular flexibility index (Phi) is 4.32. The molecule has 1 N–H and O–H groups in total. The number of methoxy groups -OCH3 is 1. The number of rotatable bonds is 5. The highest BCUT2D eigenvalue weighted by atomic mass is 16.5. The Morgan fingerprint density at radius 2 is 2.03 bits per heavy atom. The summed E-state index contributed by atoms with van der Waals surface area (Å²) in [5, 5.41) is 13.6. The van der Waals surface area contributed by atoms with Crippen LogP contribution in [0.2, 0.25) is 0 Å². The zero-order chi connectivity index (χ0) is 20.0. The number of fused-ring (bicyclic) bond motifs is 3. The van der Waals surface area contributed by atoms with Gasteiger partial charge in [0.2, 0.25) is 11.7 Å². The smallest absolute Gasteiger partial charge is 0.258 e. The van der Waals surface area contributed by atoms with Gasteiger partial charge in [-0.25, -0.2) is 0 Å². The molecule has 1 saturated heterocycles. The Hall–Kier alpha value is -3.19. The Labute approximate surface area is 167 Å². The van der Waals surface area contributed by atoms with E-state index in [2.05, 4.69) is 16.2 Å². The molecule has 5 rings (SSSR count). The van der Waals surface area contributed by atoms with Crippen molar-refractivity contribution < 1.29 is 19.2 Å². The van der Waals surface area contributed by atoms with E-state index in [-0.39, 0.29) is 24.5 Å². The third-order valence-electron chi connectivity index (χ3n) is 5.88. The summed E-state index contributed by atoms with van der Waals surface area (Å²) in [5.74, 6) is 2.12. The molecule has 1 aliphatic carbocycles. The number of hydrogen-bond acceptors (Lipinski definition) is 6. The third-order valence-corrected chi connectivity index (χ3v) is 5.88. The molecule has 2 aliphatic rings. The first-order chi connectivity index (χ1) is 14.2. The van der Waals surface area contributed by atoms with Gasteiger partial charge < -0.3 is 19.3 Å². The topological polar surface area (TPSA) is 88.7 Å². The highest BCUT2D eigenvalue weighted by Gasteiger charge is 2.46. The van der Waals surface area contributed by atoms with Crippen LogP contribution in [0.25, 0.3) is 22.8 Å². The molecule has 7 heteroatoms. The van der Waals surface area contributed by atoms with Crippen LogP contribution >= 0.6 is 0 Å². The van der Waals surface area contributed by atoms with Gasteiger partial charge in [-0.2, -0.15) is 4.98 Å². The summed E-state index contributed by atoms with van der Waals surface area (Å²) < 4.78 is 10.7. The average molecular weight is 391 g/mol. The molecule has 7 nitrogen and oxygen atoms in total. The Balaban J connectivity index is 1.49. The van der Waals surface area contributed by atoms with Gasteiger partial charge in [0.1, 0.15) is 5.75 Å². The van der Waals surface area contributed by atoms with E-state index in [0.717, 1.165) is 28.9 Å². The number of nitrogens with zero attached hydrogens (tertiary/aromatic N) is 3. The van der Waals surface area contributed by atoms with Gasteiger partial charge in [-0.15, -0.1) is 0 Å². The maximum atomic E-state index is 12.3. The van der Waals surface area contributed by atoms with Crippen LogP contribution in [0.15, 0.2) is 47.0 Å². The van der Waals surface area contributed by atoms with Crippen molar-refractivity contribution in [3.05, 3.63) is 53.6 Å². The minimum atomic E-state index is -0.0277. The summed E-state index contributed by atoms with van der Waals surface area (Å²) in [6.07, 6.45) is 1.32. The van der Waals surface area contributed by atoms with Gasteiger partial charge in [0.05, 0.1) is 19.8 Å². The first-order valence-electron chi connectivity index (χ1n) is 9.70. The monoisotopic (exact) mass is 391 g/mol. The van der Waals surface area contributed by atoms with Gasteiger partial charge >= 0.3 is 0 Å². The molecule has 2 unspecified atom stereocenters. The number of aliphatic hydroxyl groups excluding tert-OH is 1. The normalized spacial score (nSPS) is 20.1. The molecule has 29 heavy (non-hydrogen) atoms. The molecule has 1 aromatic heterocycles. The summed E-state index contributed by atoms with van der Waals surface area (Å²) in [5.41, 5.74) is 4.06. The largest absolute Gasteiger partial charge is 0.497 e. The summed E-state index contributed by atoms with van der Waals surface area (Å²) in [6, 6.07) is 13.5. The molecule has 1 amide bonds. The second kappa shape index (κ2) is 7.00. The van der Waals surface area contributed by atoms with Crippen LogP contribution in [-0.4, -0.2) is 46.3 Å². The fraction of sp³-hybridized carbons (Fsp3) is 0.318. The van der Waals surface area contributed by atoms with Crippen molar-refractivity contribution in [2.75, 3.05) is 20.3 Å². The SMILES string of the molecule is COc1ccc(-c2nc(-c3cccc4c3CC3CC(=O)N(CCO)C43)no2)cc1. The minimum Gasteiger partial charge on any atom is -0.497 e. The van der Waals surface area contributed by atoms with Gasteiger partial charge in [0, 0.05) is 24.1 Å². The van der Waals surface area contributed by atoms with Crippen LogP contribution < -0.4 is 4.74 Å². The van der Waals surface area contributed by atoms with Crippen LogP contribution in [0.5, 0.6) is 5.75 Å². The molecule has 1 aliphatic heterocycles. The van der Waals surface area contributed by atoms with E-state index in [1.54, 1.807) is 12.0 Å². The molecule has 0 radical (unpaired) electrons. The van der Waals surface area contributed by atoms with E-state index in [1.807, 2.05) is 36.4 Å². The van der Waals surface area contributed by atoms with Crippen molar-refractivity contribution in [3.8, 4) is 28.6 Å². The molecule has 0 bridgehead atoms. The molecular weight excluding hydrogens is 370 g/mol. The van der Waals surface area contributed by atoms with Gasteiger partial charge in [0.15, 0.2) is 0 Å². The quantitative estimate of drug-likeness (QED) is 0.719. The van der Waals surface area contributed by atoms with Gasteiger partial charge in [0.25, 0.3) is 5.89 Å². The van der Waals surface area contributed by atoms with E-state index in [1.165, 1.54) is 5.56 Å². The van der Waals surface area contributed by atoms with Crippen LogP contribution in [0, 0.1) is 5.92 Å². The molecule has 2 heterocycles. The van der Waals surface area contributed by atoms with E-state index in [4.69, 9.17) is 9.26 Å². The fourth-order valence-electron chi connectivity index (χ4n) is 4.60. The van der Waals surface area contributed by atoms with Crippen molar-refractivity contribution in [2.24, 2.45) is 5.92 Å². The lowest BCUT2D eigenvalue weighted by atomic mass is 10.0. The van der Waals surface area contributed by atoms with Crippen molar-refractivity contribution in [1.29, 1.82) is 0 Å². The highest BCUT2D eigenvalue weighted by Crippen LogP contribution is 2.49. The Morgan fingerprint density at radius 1 is 1.21 bits per heavy atom. The standard InChI is InChI=1S/C22H21N3O4/c1-28-15-7-5-13(6-8-15)22-23-21(24-29-22)17-4-2-3-16-18(17)11-14-12-19(27)25(9-10-26)20(14)16/h2-8,14,20,26H,9-12H2,1H3. The van der Waals surface area contributed by atoms with Crippen molar-refractivity contribution in [1.82, 2.24) is 15.0 Å². The number of aliphatic hydroxyl groups is 1. The van der Waals surface area contributed by atoms with E-state index < -0.39 is 0 Å². The van der Waals surface area contributed by atoms with E-state index in [9.17, 15) is 9.90 Å². The lowest BCUT2D eigenvalue weighted by Crippen LogP contribution is -2.30. The summed E-state index contributed by atoms with van der Waals surface area (Å²) in [6.45, 7) is 0.341. The first kappa shape index (κ1) is 17.9. The zero-order valence-corrected chi connectivity index (χ0v) is 16.0. The maximum Gasteiger partial charge on any atom is 0.258 e. The molecule has 1 fully saturated rings. The van der Waals surface area contributed by atoms with Crippen molar-refractivity contribution >= 4 is 5.91 Å². The predicted molar refractivity (Wildman–Crippen MR) is 105 cm³/mol. The number of carbonyl (C=O) groups excluding carboxylic acids is 1. The highest BCUT2D eigenvalue weighted by molar-refractivity contribution is 5.81. The van der Waals surface area contributed by atoms with Gasteiger partial charge in [-0.1, -0.05) is 23.4 Å². The van der Waals surface area contributed by atoms with Crippen molar-refractivity contribution in [3.63, 3.8) is 0 Å². The van der Waals surface area contributed by atoms with Crippen LogP contribution in [-0.2, 0) is 11.2 Å². The average Bonchev–Trinajstić information content (AvgIpc) is 3.43. The molecule has 0 spiro atoms. The number of aromatic nitrogens is 2. The number of amides is 1. The number of ether oxygens (including phenoxy) is 1. The van der Waals surface area contributed by atoms with Crippen LogP contribution in [0.3, 0.4) is 0 Å². The lowest BCUT2D eigenvalue weighted by Gasteiger charge is -2.24. The Morgan fingerprint density at radius 3 is 2.79 bits per heavy atom. The van der Waals surface area contributed by atoms with Crippen LogP contribution in [0.1, 0.15) is 23.6 Å². The number of benzene rings is 2. The summed E-state index contributed by atoms with van der Waals surface area (Å²) in [4.78, 5) is 18.7. The van der Waals surface area contributed by atoms with Gasteiger partial charge in [-0.05, 0) is 47.7 Å². The second-order valence-electron chi connectivity index (χ2n) is 7.45. The van der Waals surface area contributed by atoms with Crippen LogP contribution in [0.4, 0.5) is 0 Å².